The average Bonchev–Trinajstić information content (AvgIpc) is 3.61. The predicted octanol–water partition coefficient (Wildman–Crippen LogP) is 2.47. The summed E-state index contributed by atoms with van der Waals surface area (Å²) in [6.07, 6.45) is -3.07. The molecule has 3 atom stereocenters. The zero-order chi connectivity index (χ0) is 34.1. The highest BCUT2D eigenvalue weighted by Crippen LogP contribution is 2.60. The molecule has 1 saturated carbocycles. The summed E-state index contributed by atoms with van der Waals surface area (Å²) >= 11 is 0. The van der Waals surface area contributed by atoms with Crippen LogP contribution < -0.4 is 10.6 Å². The molecule has 2 saturated heterocycles. The standard InChI is InChI=1S/C34H39F3N6O5/c1-38-29(45)27(19-48-18-24-10-6-3-7-11-24)40-28(44)26-17-41(30(46)25-14-39-43(16-25)15-23-8-4-2-5-9-23)20-32(26)21-42(22-32)31(47)33(12-13-33)34(35,36)37/h2-11,14,16,26-27,30,46H,12-13,15,17-22H2,1H3,(H,38,45)(H,40,44)/t26-,27-,30?/m0/s1. The van der Waals surface area contributed by atoms with Crippen LogP contribution in [0.25, 0.3) is 0 Å². The minimum absolute atomic E-state index is 0.0502. The van der Waals surface area contributed by atoms with Gasteiger partial charge in [0.2, 0.25) is 17.7 Å². The van der Waals surface area contributed by atoms with E-state index in [-0.39, 0.29) is 52.2 Å². The number of halogens is 3. The molecule has 6 rings (SSSR count). The zero-order valence-electron chi connectivity index (χ0n) is 26.5. The van der Waals surface area contributed by atoms with Gasteiger partial charge in [-0.05, 0) is 24.0 Å². The highest BCUT2D eigenvalue weighted by Gasteiger charge is 2.71. The van der Waals surface area contributed by atoms with Crippen LogP contribution in [0.15, 0.2) is 73.1 Å². The number of amides is 3. The molecule has 0 bridgehead atoms. The van der Waals surface area contributed by atoms with Gasteiger partial charge in [0, 0.05) is 50.4 Å². The van der Waals surface area contributed by atoms with Gasteiger partial charge < -0.3 is 25.4 Å². The van der Waals surface area contributed by atoms with Crippen LogP contribution >= 0.6 is 0 Å². The van der Waals surface area contributed by atoms with Crippen molar-refractivity contribution in [3.63, 3.8) is 0 Å². The van der Waals surface area contributed by atoms with Crippen LogP contribution in [-0.2, 0) is 32.3 Å². The number of aromatic nitrogens is 2. The maximum atomic E-state index is 13.9. The lowest BCUT2D eigenvalue weighted by molar-refractivity contribution is -0.205. The molecular weight excluding hydrogens is 629 g/mol. The fourth-order valence-electron chi connectivity index (χ4n) is 6.86. The van der Waals surface area contributed by atoms with Crippen LogP contribution in [0.5, 0.6) is 0 Å². The van der Waals surface area contributed by atoms with E-state index in [0.717, 1.165) is 11.1 Å². The summed E-state index contributed by atoms with van der Waals surface area (Å²) in [5.74, 6) is -2.79. The Morgan fingerprint density at radius 1 is 1.02 bits per heavy atom. The van der Waals surface area contributed by atoms with E-state index >= 15 is 0 Å². The molecular formula is C34H39F3N6O5. The quantitative estimate of drug-likeness (QED) is 0.271. The van der Waals surface area contributed by atoms with Crippen LogP contribution in [0.2, 0.25) is 0 Å². The van der Waals surface area contributed by atoms with E-state index in [4.69, 9.17) is 4.74 Å². The van der Waals surface area contributed by atoms with Crippen molar-refractivity contribution in [2.24, 2.45) is 16.7 Å². The number of alkyl halides is 3. The van der Waals surface area contributed by atoms with E-state index < -0.39 is 52.9 Å². The third-order valence-electron chi connectivity index (χ3n) is 9.75. The lowest BCUT2D eigenvalue weighted by Crippen LogP contribution is -2.66. The number of hydrogen-bond donors (Lipinski definition) is 3. The first-order chi connectivity index (χ1) is 22.9. The van der Waals surface area contributed by atoms with Gasteiger partial charge in [-0.1, -0.05) is 60.7 Å². The van der Waals surface area contributed by atoms with Crippen molar-refractivity contribution < 1.29 is 37.4 Å². The van der Waals surface area contributed by atoms with Crippen molar-refractivity contribution >= 4 is 17.7 Å². The Labute approximate surface area is 276 Å². The van der Waals surface area contributed by atoms with E-state index in [9.17, 15) is 32.7 Å². The highest BCUT2D eigenvalue weighted by molar-refractivity contribution is 5.90. The number of benzene rings is 2. The van der Waals surface area contributed by atoms with E-state index in [0.29, 0.717) is 12.1 Å². The van der Waals surface area contributed by atoms with Crippen molar-refractivity contribution in [1.82, 2.24) is 30.2 Å². The molecule has 3 amide bonds. The molecule has 3 heterocycles. The molecule has 3 aliphatic rings. The maximum absolute atomic E-state index is 13.9. The van der Waals surface area contributed by atoms with Gasteiger partial charge in [-0.25, -0.2) is 0 Å². The van der Waals surface area contributed by atoms with Crippen molar-refractivity contribution in [1.29, 1.82) is 0 Å². The van der Waals surface area contributed by atoms with Gasteiger partial charge in [-0.3, -0.25) is 24.0 Å². The largest absolute Gasteiger partial charge is 0.403 e. The average molecular weight is 669 g/mol. The first-order valence-corrected chi connectivity index (χ1v) is 15.9. The molecule has 3 aromatic rings. The molecule has 256 valence electrons. The molecule has 3 fully saturated rings. The molecule has 2 aromatic carbocycles. The van der Waals surface area contributed by atoms with Gasteiger partial charge in [0.05, 0.1) is 31.9 Å². The molecule has 48 heavy (non-hydrogen) atoms. The van der Waals surface area contributed by atoms with Crippen molar-refractivity contribution in [3.05, 3.63) is 89.7 Å². The molecule has 1 spiro atoms. The number of ether oxygens (including phenoxy) is 1. The van der Waals surface area contributed by atoms with Crippen LogP contribution in [-0.4, -0.2) is 94.5 Å². The Hall–Kier alpha value is -4.27. The third kappa shape index (κ3) is 6.69. The molecule has 2 aliphatic heterocycles. The van der Waals surface area contributed by atoms with Crippen molar-refractivity contribution in [3.8, 4) is 0 Å². The minimum Gasteiger partial charge on any atom is -0.374 e. The van der Waals surface area contributed by atoms with Gasteiger partial charge in [0.25, 0.3) is 0 Å². The zero-order valence-corrected chi connectivity index (χ0v) is 26.5. The van der Waals surface area contributed by atoms with Crippen LogP contribution in [0.4, 0.5) is 13.2 Å². The third-order valence-corrected chi connectivity index (χ3v) is 9.75. The number of nitrogens with one attached hydrogen (secondary N) is 2. The van der Waals surface area contributed by atoms with Gasteiger partial charge in [0.1, 0.15) is 17.7 Å². The monoisotopic (exact) mass is 668 g/mol. The fourth-order valence-corrected chi connectivity index (χ4v) is 6.86. The lowest BCUT2D eigenvalue weighted by atomic mass is 9.70. The maximum Gasteiger partial charge on any atom is 0.403 e. The number of aliphatic hydroxyl groups excluding tert-OH is 1. The van der Waals surface area contributed by atoms with Crippen LogP contribution in [0, 0.1) is 16.7 Å². The van der Waals surface area contributed by atoms with Crippen molar-refractivity contribution in [2.45, 2.75) is 44.4 Å². The second kappa shape index (κ2) is 13.3. The van der Waals surface area contributed by atoms with Gasteiger partial charge in [-0.15, -0.1) is 0 Å². The SMILES string of the molecule is CNC(=O)[C@H](COCc1ccccc1)NC(=O)[C@@H]1CN(C(O)c2cnn(Cc3ccccc3)c2)CC12CN(C(=O)C1(C(F)(F)F)CC1)C2. The Bertz CT molecular complexity index is 1610. The van der Waals surface area contributed by atoms with Gasteiger partial charge in [-0.2, -0.15) is 18.3 Å². The van der Waals surface area contributed by atoms with E-state index in [2.05, 4.69) is 15.7 Å². The number of rotatable bonds is 12. The van der Waals surface area contributed by atoms with E-state index in [1.165, 1.54) is 18.1 Å². The second-order valence-electron chi connectivity index (χ2n) is 13.1. The Kier molecular flexibility index (Phi) is 9.33. The summed E-state index contributed by atoms with van der Waals surface area (Å²) in [7, 11) is 1.44. The number of carbonyl (C=O) groups is 3. The number of likely N-dealkylation sites (N-methyl/N-ethyl adjacent to an activating group) is 1. The summed E-state index contributed by atoms with van der Waals surface area (Å²) in [4.78, 5) is 42.6. The first-order valence-electron chi connectivity index (χ1n) is 15.9. The Morgan fingerprint density at radius 2 is 1.67 bits per heavy atom. The number of hydrogen-bond acceptors (Lipinski definition) is 7. The molecule has 1 unspecified atom stereocenters. The summed E-state index contributed by atoms with van der Waals surface area (Å²) in [5, 5.41) is 21.1. The fraction of sp³-hybridized carbons (Fsp3) is 0.471. The molecule has 1 aromatic heterocycles. The summed E-state index contributed by atoms with van der Waals surface area (Å²) < 4.78 is 48.8. The summed E-state index contributed by atoms with van der Waals surface area (Å²) in [6.45, 7) is 0.621. The lowest BCUT2D eigenvalue weighted by Gasteiger charge is -2.51. The summed E-state index contributed by atoms with van der Waals surface area (Å²) in [5.41, 5.74) is -0.903. The number of aliphatic hydroxyl groups is 1. The van der Waals surface area contributed by atoms with Gasteiger partial charge in [0.15, 0.2) is 0 Å². The van der Waals surface area contributed by atoms with Crippen LogP contribution in [0.3, 0.4) is 0 Å². The second-order valence-corrected chi connectivity index (χ2v) is 13.1. The Balaban J connectivity index is 1.18. The first kappa shape index (κ1) is 33.6. The number of nitrogens with zero attached hydrogens (tertiary/aromatic N) is 4. The number of likely N-dealkylation sites (tertiary alicyclic amines) is 2. The molecule has 14 heteroatoms. The molecule has 11 nitrogen and oxygen atoms in total. The van der Waals surface area contributed by atoms with Gasteiger partial charge >= 0.3 is 6.18 Å². The molecule has 1 aliphatic carbocycles. The highest BCUT2D eigenvalue weighted by atomic mass is 19.4. The van der Waals surface area contributed by atoms with Crippen molar-refractivity contribution in [2.75, 3.05) is 39.8 Å². The molecule has 0 radical (unpaired) electrons. The number of carbonyl (C=O) groups excluding carboxylic acids is 3. The Morgan fingerprint density at radius 3 is 2.27 bits per heavy atom. The summed E-state index contributed by atoms with van der Waals surface area (Å²) in [6, 6.07) is 17.9. The molecule has 3 N–H and O–H groups in total. The topological polar surface area (TPSA) is 129 Å². The minimum atomic E-state index is -4.65. The predicted molar refractivity (Wildman–Crippen MR) is 167 cm³/mol. The van der Waals surface area contributed by atoms with E-state index in [1.807, 2.05) is 60.7 Å². The van der Waals surface area contributed by atoms with Crippen LogP contribution in [0.1, 0.15) is 35.8 Å². The van der Waals surface area contributed by atoms with E-state index in [1.54, 1.807) is 15.8 Å². The smallest absolute Gasteiger partial charge is 0.374 e. The normalized spacial score (nSPS) is 20.9.